The number of halogens is 3. The first-order valence-corrected chi connectivity index (χ1v) is 6.49. The number of hydrogen-bond donors (Lipinski definition) is 1. The third kappa shape index (κ3) is 4.32. The summed E-state index contributed by atoms with van der Waals surface area (Å²) in [6, 6.07) is 2.67. The van der Waals surface area contributed by atoms with Crippen molar-refractivity contribution in [3.63, 3.8) is 0 Å². The van der Waals surface area contributed by atoms with Gasteiger partial charge in [0.05, 0.1) is 6.10 Å². The van der Waals surface area contributed by atoms with Crippen molar-refractivity contribution in [3.8, 4) is 5.75 Å². The summed E-state index contributed by atoms with van der Waals surface area (Å²) in [6.07, 6.45) is -2.56. The third-order valence-electron chi connectivity index (χ3n) is 3.05. The Morgan fingerprint density at radius 2 is 2.29 bits per heavy atom. The molecule has 8 heteroatoms. The number of pyridine rings is 1. The maximum atomic E-state index is 12.3. The van der Waals surface area contributed by atoms with Crippen molar-refractivity contribution in [3.05, 3.63) is 24.0 Å². The molecule has 21 heavy (non-hydrogen) atoms. The predicted octanol–water partition coefficient (Wildman–Crippen LogP) is 1.62. The van der Waals surface area contributed by atoms with Crippen molar-refractivity contribution in [2.24, 2.45) is 0 Å². The minimum atomic E-state index is -4.49. The molecule has 1 fully saturated rings. The van der Waals surface area contributed by atoms with Gasteiger partial charge < -0.3 is 14.7 Å². The van der Waals surface area contributed by atoms with Crippen LogP contribution in [-0.4, -0.2) is 52.9 Å². The number of amides is 1. The standard InChI is InChI=1S/C13H15F3N2O3/c14-13(15,16)8-21-10-4-1-5-17-11(10)12(20)18-6-2-3-9(19)7-18/h1,4-5,9,19H,2-3,6-8H2. The zero-order valence-electron chi connectivity index (χ0n) is 11.1. The maximum Gasteiger partial charge on any atom is 0.422 e. The lowest BCUT2D eigenvalue weighted by Crippen LogP contribution is -2.42. The van der Waals surface area contributed by atoms with Crippen molar-refractivity contribution >= 4 is 5.91 Å². The molecule has 0 spiro atoms. The molecule has 5 nitrogen and oxygen atoms in total. The fourth-order valence-corrected chi connectivity index (χ4v) is 2.12. The number of alkyl halides is 3. The van der Waals surface area contributed by atoms with Crippen LogP contribution in [0.25, 0.3) is 0 Å². The van der Waals surface area contributed by atoms with Gasteiger partial charge >= 0.3 is 6.18 Å². The largest absolute Gasteiger partial charge is 0.482 e. The molecule has 0 saturated carbocycles. The lowest BCUT2D eigenvalue weighted by atomic mass is 10.1. The fraction of sp³-hybridized carbons (Fsp3) is 0.538. The molecule has 2 heterocycles. The van der Waals surface area contributed by atoms with Crippen molar-refractivity contribution in [2.45, 2.75) is 25.1 Å². The number of aliphatic hydroxyl groups excluding tert-OH is 1. The lowest BCUT2D eigenvalue weighted by molar-refractivity contribution is -0.153. The van der Waals surface area contributed by atoms with Crippen LogP contribution < -0.4 is 4.74 Å². The summed E-state index contributed by atoms with van der Waals surface area (Å²) in [5, 5.41) is 9.56. The molecule has 0 aromatic carbocycles. The number of carbonyl (C=O) groups is 1. The van der Waals surface area contributed by atoms with E-state index in [1.165, 1.54) is 23.2 Å². The molecule has 0 aliphatic carbocycles. The summed E-state index contributed by atoms with van der Waals surface area (Å²) in [6.45, 7) is -0.902. The van der Waals surface area contributed by atoms with Gasteiger partial charge in [-0.25, -0.2) is 4.98 Å². The van der Waals surface area contributed by atoms with E-state index in [2.05, 4.69) is 9.72 Å². The van der Waals surface area contributed by atoms with Gasteiger partial charge in [0, 0.05) is 19.3 Å². The Hall–Kier alpha value is -1.83. The molecule has 1 saturated heterocycles. The summed E-state index contributed by atoms with van der Waals surface area (Å²) in [7, 11) is 0. The number of β-amino-alcohol motifs (C(OH)–C–C–N with tert-alkyl or cyclic N) is 1. The average Bonchev–Trinajstić information content (AvgIpc) is 2.44. The molecule has 1 aliphatic rings. The summed E-state index contributed by atoms with van der Waals surface area (Å²) < 4.78 is 41.3. The summed E-state index contributed by atoms with van der Waals surface area (Å²) >= 11 is 0. The van der Waals surface area contributed by atoms with Crippen LogP contribution in [-0.2, 0) is 0 Å². The van der Waals surface area contributed by atoms with Gasteiger partial charge in [-0.15, -0.1) is 0 Å². The highest BCUT2D eigenvalue weighted by Gasteiger charge is 2.31. The first-order chi connectivity index (χ1) is 9.87. The van der Waals surface area contributed by atoms with Gasteiger partial charge in [-0.1, -0.05) is 0 Å². The molecule has 1 unspecified atom stereocenters. The zero-order valence-corrected chi connectivity index (χ0v) is 11.1. The number of aromatic nitrogens is 1. The van der Waals surface area contributed by atoms with Crippen LogP contribution in [0.2, 0.25) is 0 Å². The van der Waals surface area contributed by atoms with Gasteiger partial charge in [-0.3, -0.25) is 4.79 Å². The van der Waals surface area contributed by atoms with Crippen LogP contribution in [0, 0.1) is 0 Å². The maximum absolute atomic E-state index is 12.3. The van der Waals surface area contributed by atoms with E-state index in [-0.39, 0.29) is 18.0 Å². The minimum absolute atomic E-state index is 0.147. The summed E-state index contributed by atoms with van der Waals surface area (Å²) in [5.41, 5.74) is -0.171. The highest BCUT2D eigenvalue weighted by atomic mass is 19.4. The molecule has 116 valence electrons. The highest BCUT2D eigenvalue weighted by molar-refractivity contribution is 5.95. The number of likely N-dealkylation sites (tertiary alicyclic amines) is 1. The second-order valence-electron chi connectivity index (χ2n) is 4.80. The van der Waals surface area contributed by atoms with E-state index in [4.69, 9.17) is 0 Å². The molecular weight excluding hydrogens is 289 g/mol. The van der Waals surface area contributed by atoms with E-state index in [1.807, 2.05) is 0 Å². The number of piperidine rings is 1. The monoisotopic (exact) mass is 304 g/mol. The Labute approximate surface area is 119 Å². The quantitative estimate of drug-likeness (QED) is 0.922. The topological polar surface area (TPSA) is 62.7 Å². The van der Waals surface area contributed by atoms with E-state index in [1.54, 1.807) is 0 Å². The molecule has 2 rings (SSSR count). The number of ether oxygens (including phenoxy) is 1. The van der Waals surface area contributed by atoms with Gasteiger partial charge in [0.2, 0.25) is 0 Å². The first-order valence-electron chi connectivity index (χ1n) is 6.49. The smallest absolute Gasteiger partial charge is 0.422 e. The normalized spacial score (nSPS) is 19.4. The molecule has 1 amide bonds. The van der Waals surface area contributed by atoms with E-state index < -0.39 is 24.8 Å². The van der Waals surface area contributed by atoms with Crippen molar-refractivity contribution < 1.29 is 27.8 Å². The Balaban J connectivity index is 2.13. The van der Waals surface area contributed by atoms with Crippen molar-refractivity contribution in [1.82, 2.24) is 9.88 Å². The second-order valence-corrected chi connectivity index (χ2v) is 4.80. The SMILES string of the molecule is O=C(c1ncccc1OCC(F)(F)F)N1CCCC(O)C1. The van der Waals surface area contributed by atoms with E-state index in [9.17, 15) is 23.1 Å². The lowest BCUT2D eigenvalue weighted by Gasteiger charge is -2.30. The first kappa shape index (κ1) is 15.6. The molecule has 0 bridgehead atoms. The Morgan fingerprint density at radius 3 is 2.95 bits per heavy atom. The summed E-state index contributed by atoms with van der Waals surface area (Å²) in [5.74, 6) is -0.744. The van der Waals surface area contributed by atoms with Crippen LogP contribution in [0.3, 0.4) is 0 Å². The van der Waals surface area contributed by atoms with Crippen LogP contribution in [0.4, 0.5) is 13.2 Å². The molecule has 1 aromatic heterocycles. The fourth-order valence-electron chi connectivity index (χ4n) is 2.12. The Kier molecular flexibility index (Phi) is 4.66. The van der Waals surface area contributed by atoms with E-state index in [0.29, 0.717) is 19.4 Å². The van der Waals surface area contributed by atoms with E-state index >= 15 is 0 Å². The van der Waals surface area contributed by atoms with Gasteiger partial charge in [-0.05, 0) is 25.0 Å². The molecule has 1 atom stereocenters. The number of aliphatic hydroxyl groups is 1. The Morgan fingerprint density at radius 1 is 1.52 bits per heavy atom. The highest BCUT2D eigenvalue weighted by Crippen LogP contribution is 2.23. The summed E-state index contributed by atoms with van der Waals surface area (Å²) in [4.78, 5) is 17.5. The molecule has 0 radical (unpaired) electrons. The molecular formula is C13H15F3N2O3. The molecule has 1 aliphatic heterocycles. The number of carbonyl (C=O) groups excluding carboxylic acids is 1. The Bertz CT molecular complexity index is 508. The number of rotatable bonds is 3. The van der Waals surface area contributed by atoms with Gasteiger partial charge in [0.25, 0.3) is 5.91 Å². The van der Waals surface area contributed by atoms with Crippen LogP contribution in [0.5, 0.6) is 5.75 Å². The van der Waals surface area contributed by atoms with Crippen LogP contribution in [0.15, 0.2) is 18.3 Å². The van der Waals surface area contributed by atoms with Crippen molar-refractivity contribution in [2.75, 3.05) is 19.7 Å². The van der Waals surface area contributed by atoms with Crippen LogP contribution in [0.1, 0.15) is 23.3 Å². The number of nitrogens with zero attached hydrogens (tertiary/aromatic N) is 2. The van der Waals surface area contributed by atoms with Gasteiger partial charge in [0.15, 0.2) is 18.1 Å². The van der Waals surface area contributed by atoms with Crippen LogP contribution >= 0.6 is 0 Å². The van der Waals surface area contributed by atoms with Crippen molar-refractivity contribution in [1.29, 1.82) is 0 Å². The predicted molar refractivity (Wildman–Crippen MR) is 66.9 cm³/mol. The molecule has 1 N–H and O–H groups in total. The minimum Gasteiger partial charge on any atom is -0.482 e. The van der Waals surface area contributed by atoms with Gasteiger partial charge in [-0.2, -0.15) is 13.2 Å². The molecule has 1 aromatic rings. The second kappa shape index (κ2) is 6.30. The van der Waals surface area contributed by atoms with E-state index in [0.717, 1.165) is 0 Å². The average molecular weight is 304 g/mol. The van der Waals surface area contributed by atoms with Gasteiger partial charge in [0.1, 0.15) is 0 Å². The number of hydrogen-bond acceptors (Lipinski definition) is 4. The third-order valence-corrected chi connectivity index (χ3v) is 3.05. The zero-order chi connectivity index (χ0) is 15.5.